The molecule has 0 unspecified atom stereocenters. The van der Waals surface area contributed by atoms with Crippen LogP contribution in [0, 0.1) is 6.92 Å². The van der Waals surface area contributed by atoms with Crippen molar-refractivity contribution in [3.63, 3.8) is 0 Å². The smallest absolute Gasteiger partial charge is 0.130 e. The van der Waals surface area contributed by atoms with Crippen molar-refractivity contribution in [2.45, 2.75) is 19.9 Å². The quantitative estimate of drug-likeness (QED) is 0.672. The molecule has 25 heavy (non-hydrogen) atoms. The molecule has 0 aliphatic heterocycles. The summed E-state index contributed by atoms with van der Waals surface area (Å²) in [6, 6.07) is 10.2. The first-order valence-corrected chi connectivity index (χ1v) is 8.55. The van der Waals surface area contributed by atoms with Crippen LogP contribution in [0.3, 0.4) is 0 Å². The summed E-state index contributed by atoms with van der Waals surface area (Å²) in [5, 5.41) is 12.5. The van der Waals surface area contributed by atoms with Gasteiger partial charge in [-0.2, -0.15) is 10.2 Å². The van der Waals surface area contributed by atoms with E-state index in [0.29, 0.717) is 0 Å². The summed E-state index contributed by atoms with van der Waals surface area (Å²) in [5.41, 5.74) is 4.65. The molecule has 2 heterocycles. The van der Waals surface area contributed by atoms with Gasteiger partial charge in [0.2, 0.25) is 0 Å². The molecule has 3 rings (SSSR count). The van der Waals surface area contributed by atoms with Gasteiger partial charge in [0.05, 0.1) is 17.6 Å². The normalized spacial score (nSPS) is 11.0. The maximum Gasteiger partial charge on any atom is 0.130 e. The van der Waals surface area contributed by atoms with E-state index >= 15 is 0 Å². The molecular weight excluding hydrogens is 312 g/mol. The van der Waals surface area contributed by atoms with Gasteiger partial charge >= 0.3 is 0 Å². The molecule has 0 aliphatic carbocycles. The van der Waals surface area contributed by atoms with Gasteiger partial charge in [0.15, 0.2) is 0 Å². The monoisotopic (exact) mass is 338 g/mol. The van der Waals surface area contributed by atoms with Gasteiger partial charge < -0.3 is 10.2 Å². The highest BCUT2D eigenvalue weighted by molar-refractivity contribution is 5.48. The Balaban J connectivity index is 1.55. The zero-order valence-electron chi connectivity index (χ0n) is 15.4. The average molecular weight is 338 g/mol. The summed E-state index contributed by atoms with van der Waals surface area (Å²) >= 11 is 0. The molecule has 6 heteroatoms. The molecule has 3 aromatic rings. The van der Waals surface area contributed by atoms with Crippen molar-refractivity contribution < 1.29 is 0 Å². The summed E-state index contributed by atoms with van der Waals surface area (Å²) in [5.74, 6) is 1.15. The van der Waals surface area contributed by atoms with Gasteiger partial charge in [0.1, 0.15) is 5.82 Å². The Kier molecular flexibility index (Phi) is 5.19. The Bertz CT molecular complexity index is 816. The molecular formula is C19H26N6. The Morgan fingerprint density at radius 1 is 1.16 bits per heavy atom. The highest BCUT2D eigenvalue weighted by Gasteiger charge is 2.14. The van der Waals surface area contributed by atoms with Crippen molar-refractivity contribution in [1.82, 2.24) is 24.9 Å². The van der Waals surface area contributed by atoms with Crippen LogP contribution < -0.4 is 10.2 Å². The molecule has 0 saturated heterocycles. The second-order valence-corrected chi connectivity index (χ2v) is 6.46. The molecule has 6 nitrogen and oxygen atoms in total. The van der Waals surface area contributed by atoms with Crippen molar-refractivity contribution in [3.05, 3.63) is 59.5 Å². The maximum absolute atomic E-state index is 4.53. The van der Waals surface area contributed by atoms with Gasteiger partial charge in [0.25, 0.3) is 0 Å². The summed E-state index contributed by atoms with van der Waals surface area (Å²) in [6.45, 7) is 3.79. The second-order valence-electron chi connectivity index (χ2n) is 6.46. The first-order valence-electron chi connectivity index (χ1n) is 8.55. The topological polar surface area (TPSA) is 50.9 Å². The predicted octanol–water partition coefficient (Wildman–Crippen LogP) is 2.31. The number of hydrogen-bond donors (Lipinski definition) is 1. The lowest BCUT2D eigenvalue weighted by molar-refractivity contribution is 0.683. The number of para-hydroxylation sites is 1. The zero-order valence-corrected chi connectivity index (χ0v) is 15.4. The van der Waals surface area contributed by atoms with Crippen molar-refractivity contribution in [1.29, 1.82) is 0 Å². The number of anilines is 1. The predicted molar refractivity (Wildman–Crippen MR) is 101 cm³/mol. The van der Waals surface area contributed by atoms with E-state index in [1.165, 1.54) is 11.1 Å². The number of aromatic nitrogens is 4. The highest BCUT2D eigenvalue weighted by Crippen LogP contribution is 2.20. The molecule has 0 saturated carbocycles. The van der Waals surface area contributed by atoms with Crippen molar-refractivity contribution in [3.8, 4) is 5.69 Å². The van der Waals surface area contributed by atoms with E-state index < -0.39 is 0 Å². The van der Waals surface area contributed by atoms with Gasteiger partial charge in [-0.15, -0.1) is 0 Å². The van der Waals surface area contributed by atoms with E-state index in [-0.39, 0.29) is 0 Å². The zero-order chi connectivity index (χ0) is 17.8. The molecule has 1 aromatic carbocycles. The average Bonchev–Trinajstić information content (AvgIpc) is 3.17. The van der Waals surface area contributed by atoms with Crippen LogP contribution in [-0.4, -0.2) is 40.2 Å². The molecule has 132 valence electrons. The number of hydrogen-bond acceptors (Lipinski definition) is 4. The van der Waals surface area contributed by atoms with Crippen molar-refractivity contribution in [2.24, 2.45) is 7.05 Å². The number of rotatable bonds is 7. The Morgan fingerprint density at radius 2 is 1.92 bits per heavy atom. The fourth-order valence-corrected chi connectivity index (χ4v) is 3.11. The Hall–Kier alpha value is -2.60. The van der Waals surface area contributed by atoms with E-state index in [1.807, 2.05) is 40.8 Å². The molecule has 0 bridgehead atoms. The van der Waals surface area contributed by atoms with Gasteiger partial charge in [-0.1, -0.05) is 18.2 Å². The van der Waals surface area contributed by atoms with Crippen LogP contribution in [0.4, 0.5) is 5.82 Å². The first-order chi connectivity index (χ1) is 12.1. The molecule has 0 radical (unpaired) electrons. The minimum Gasteiger partial charge on any atom is -0.363 e. The molecule has 0 amide bonds. The standard InChI is InChI=1S/C19H26N6/c1-15-18(19(23(2)3)24(4)22-15)13-20-11-10-16-12-21-25(14-16)17-8-6-5-7-9-17/h5-9,12,14,20H,10-11,13H2,1-4H3. The summed E-state index contributed by atoms with van der Waals surface area (Å²) in [6.07, 6.45) is 4.98. The van der Waals surface area contributed by atoms with Crippen molar-refractivity contribution >= 4 is 5.82 Å². The summed E-state index contributed by atoms with van der Waals surface area (Å²) in [7, 11) is 6.10. The van der Waals surface area contributed by atoms with E-state index in [9.17, 15) is 0 Å². The number of nitrogens with zero attached hydrogens (tertiary/aromatic N) is 5. The van der Waals surface area contributed by atoms with Gasteiger partial charge in [0, 0.05) is 39.4 Å². The van der Waals surface area contributed by atoms with Crippen LogP contribution >= 0.6 is 0 Å². The third kappa shape index (κ3) is 3.91. The highest BCUT2D eigenvalue weighted by atomic mass is 15.4. The largest absolute Gasteiger partial charge is 0.363 e. The van der Waals surface area contributed by atoms with E-state index in [0.717, 1.165) is 36.7 Å². The van der Waals surface area contributed by atoms with Gasteiger partial charge in [-0.3, -0.25) is 4.68 Å². The molecule has 0 aliphatic rings. The van der Waals surface area contributed by atoms with E-state index in [2.05, 4.69) is 59.8 Å². The summed E-state index contributed by atoms with van der Waals surface area (Å²) in [4.78, 5) is 2.11. The van der Waals surface area contributed by atoms with Crippen LogP contribution in [0.1, 0.15) is 16.8 Å². The summed E-state index contributed by atoms with van der Waals surface area (Å²) < 4.78 is 3.86. The fraction of sp³-hybridized carbons (Fsp3) is 0.368. The van der Waals surface area contributed by atoms with Gasteiger partial charge in [-0.05, 0) is 37.6 Å². The van der Waals surface area contributed by atoms with Crippen LogP contribution in [0.2, 0.25) is 0 Å². The Labute approximate surface area is 149 Å². The van der Waals surface area contributed by atoms with Gasteiger partial charge in [-0.25, -0.2) is 4.68 Å². The molecule has 1 N–H and O–H groups in total. The van der Waals surface area contributed by atoms with Crippen molar-refractivity contribution in [2.75, 3.05) is 25.5 Å². The number of aryl methyl sites for hydroxylation is 2. The molecule has 0 fully saturated rings. The second kappa shape index (κ2) is 7.53. The lowest BCUT2D eigenvalue weighted by atomic mass is 10.2. The van der Waals surface area contributed by atoms with Crippen LogP contribution in [0.15, 0.2) is 42.7 Å². The molecule has 0 atom stereocenters. The molecule has 2 aromatic heterocycles. The molecule has 0 spiro atoms. The van der Waals surface area contributed by atoms with Crippen LogP contribution in [0.25, 0.3) is 5.69 Å². The number of benzene rings is 1. The fourth-order valence-electron chi connectivity index (χ4n) is 3.11. The number of nitrogens with one attached hydrogen (secondary N) is 1. The first kappa shape index (κ1) is 17.2. The lowest BCUT2D eigenvalue weighted by Crippen LogP contribution is -2.20. The van der Waals surface area contributed by atoms with E-state index in [1.54, 1.807) is 0 Å². The third-order valence-electron chi connectivity index (χ3n) is 4.29. The minimum absolute atomic E-state index is 0.819. The van der Waals surface area contributed by atoms with E-state index in [4.69, 9.17) is 0 Å². The van der Waals surface area contributed by atoms with Crippen LogP contribution in [-0.2, 0) is 20.0 Å². The lowest BCUT2D eigenvalue weighted by Gasteiger charge is -2.15. The SMILES string of the molecule is Cc1nn(C)c(N(C)C)c1CNCCc1cnn(-c2ccccc2)c1. The Morgan fingerprint density at radius 3 is 2.64 bits per heavy atom. The minimum atomic E-state index is 0.819. The maximum atomic E-state index is 4.53. The van der Waals surface area contributed by atoms with Crippen LogP contribution in [0.5, 0.6) is 0 Å². The third-order valence-corrected chi connectivity index (χ3v) is 4.29.